The summed E-state index contributed by atoms with van der Waals surface area (Å²) < 4.78 is 40.4. The van der Waals surface area contributed by atoms with E-state index < -0.39 is 28.6 Å². The van der Waals surface area contributed by atoms with Crippen LogP contribution in [-0.4, -0.2) is 30.7 Å². The molecule has 0 aromatic carbocycles. The Hall–Kier alpha value is -1.02. The maximum atomic E-state index is 12.8. The highest BCUT2D eigenvalue weighted by Gasteiger charge is 2.45. The van der Waals surface area contributed by atoms with Gasteiger partial charge in [0.1, 0.15) is 11.8 Å². The van der Waals surface area contributed by atoms with Crippen molar-refractivity contribution in [2.75, 3.05) is 0 Å². The molecule has 2 unspecified atom stereocenters. The van der Waals surface area contributed by atoms with Crippen LogP contribution in [-0.2, 0) is 0 Å². The second kappa shape index (κ2) is 5.51. The largest absolute Gasteiger partial charge is 0.391 e. The lowest BCUT2D eigenvalue weighted by Crippen LogP contribution is -2.33. The summed E-state index contributed by atoms with van der Waals surface area (Å²) in [7, 11) is 0. The van der Waals surface area contributed by atoms with Crippen LogP contribution in [0.5, 0.6) is 0 Å². The van der Waals surface area contributed by atoms with Crippen LogP contribution in [0.3, 0.4) is 0 Å². The van der Waals surface area contributed by atoms with E-state index in [1.807, 2.05) is 3.97 Å². The Labute approximate surface area is 135 Å². The van der Waals surface area contributed by atoms with Crippen molar-refractivity contribution in [3.8, 4) is 0 Å². The smallest absolute Gasteiger partial charge is 0.382 e. The molecule has 4 rings (SSSR count). The first kappa shape index (κ1) is 15.5. The van der Waals surface area contributed by atoms with Crippen LogP contribution in [0.15, 0.2) is 17.5 Å². The number of nitrogens with zero attached hydrogens (tertiary/aromatic N) is 3. The van der Waals surface area contributed by atoms with E-state index in [1.165, 1.54) is 0 Å². The van der Waals surface area contributed by atoms with Crippen molar-refractivity contribution in [1.82, 2.24) is 8.96 Å². The predicted molar refractivity (Wildman–Crippen MR) is 83.9 cm³/mol. The number of hydrogen-bond acceptors (Lipinski definition) is 3. The molecular formula is C15H20F3N3OS. The predicted octanol–water partition coefficient (Wildman–Crippen LogP) is 3.79. The highest BCUT2D eigenvalue weighted by molar-refractivity contribution is 8.29. The fourth-order valence-electron chi connectivity index (χ4n) is 3.63. The first-order valence-corrected chi connectivity index (χ1v) is 9.46. The lowest BCUT2D eigenvalue weighted by molar-refractivity contribution is -0.184. The van der Waals surface area contributed by atoms with Gasteiger partial charge in [-0.05, 0) is 44.4 Å². The molecule has 3 aliphatic rings. The summed E-state index contributed by atoms with van der Waals surface area (Å²) in [5.41, 5.74) is -0.617. The molecule has 1 aromatic rings. The summed E-state index contributed by atoms with van der Waals surface area (Å²) in [5, 5.41) is 12.0. The third-order valence-electron chi connectivity index (χ3n) is 5.15. The third-order valence-corrected chi connectivity index (χ3v) is 7.78. The second-order valence-corrected chi connectivity index (χ2v) is 8.86. The molecule has 0 radical (unpaired) electrons. The van der Waals surface area contributed by atoms with Crippen LogP contribution in [0.1, 0.15) is 38.5 Å². The Balaban J connectivity index is 1.49. The Bertz CT molecular complexity index is 618. The SMILES string of the molecule is OC(C1CCC(C(F)(F)F)CC1)[SH]1C(C2CC2)=Nc2cncn21. The zero-order chi connectivity index (χ0) is 16.2. The number of aliphatic imine (C=N–C) groups is 1. The zero-order valence-electron chi connectivity index (χ0n) is 12.6. The van der Waals surface area contributed by atoms with Gasteiger partial charge >= 0.3 is 6.18 Å². The van der Waals surface area contributed by atoms with Gasteiger partial charge < -0.3 is 5.11 Å². The lowest BCUT2D eigenvalue weighted by atomic mass is 9.82. The van der Waals surface area contributed by atoms with E-state index in [2.05, 4.69) is 9.98 Å². The van der Waals surface area contributed by atoms with Crippen molar-refractivity contribution in [2.24, 2.45) is 22.7 Å². The van der Waals surface area contributed by atoms with Crippen molar-refractivity contribution < 1.29 is 18.3 Å². The number of thiol groups is 1. The molecule has 0 bridgehead atoms. The van der Waals surface area contributed by atoms with Gasteiger partial charge in [0, 0.05) is 5.92 Å². The van der Waals surface area contributed by atoms with Crippen molar-refractivity contribution in [2.45, 2.75) is 50.1 Å². The molecule has 1 aliphatic heterocycles. The first-order valence-electron chi connectivity index (χ1n) is 8.10. The number of alkyl halides is 3. The molecule has 0 amide bonds. The second-order valence-electron chi connectivity index (χ2n) is 6.75. The molecule has 1 aromatic heterocycles. The van der Waals surface area contributed by atoms with E-state index in [0.29, 0.717) is 18.8 Å². The zero-order valence-corrected chi connectivity index (χ0v) is 13.5. The molecule has 0 saturated heterocycles. The van der Waals surface area contributed by atoms with E-state index in [-0.39, 0.29) is 18.8 Å². The number of aliphatic hydroxyl groups is 1. The summed E-state index contributed by atoms with van der Waals surface area (Å²) >= 11 is -1.01. The van der Waals surface area contributed by atoms with Crippen molar-refractivity contribution in [3.05, 3.63) is 12.5 Å². The monoisotopic (exact) mass is 347 g/mol. The maximum Gasteiger partial charge on any atom is 0.391 e. The summed E-state index contributed by atoms with van der Waals surface area (Å²) in [6.07, 6.45) is 2.61. The number of rotatable bonds is 3. The standard InChI is InChI=1S/C15H20F3N3OS/c16-15(17,18)11-5-3-10(4-6-11)14(22)23-13(9-1-2-9)20-12-7-19-8-21(12)23/h7-11,14,22-23H,1-6H2. The highest BCUT2D eigenvalue weighted by atomic mass is 32.2. The van der Waals surface area contributed by atoms with E-state index in [9.17, 15) is 18.3 Å². The van der Waals surface area contributed by atoms with Gasteiger partial charge in [0.25, 0.3) is 0 Å². The number of hydrogen-bond donors (Lipinski definition) is 2. The molecule has 23 heavy (non-hydrogen) atoms. The molecule has 2 saturated carbocycles. The van der Waals surface area contributed by atoms with Crippen LogP contribution in [0, 0.1) is 17.8 Å². The molecule has 2 fully saturated rings. The van der Waals surface area contributed by atoms with Gasteiger partial charge in [0.05, 0.1) is 17.2 Å². The highest BCUT2D eigenvalue weighted by Crippen LogP contribution is 2.55. The van der Waals surface area contributed by atoms with Gasteiger partial charge in [-0.25, -0.2) is 9.98 Å². The minimum atomic E-state index is -4.10. The van der Waals surface area contributed by atoms with Crippen molar-refractivity contribution in [3.63, 3.8) is 0 Å². The molecule has 2 heterocycles. The number of aliphatic hydroxyl groups excluding tert-OH is 1. The van der Waals surface area contributed by atoms with Crippen LogP contribution < -0.4 is 0 Å². The number of halogens is 3. The quantitative estimate of drug-likeness (QED) is 0.818. The average Bonchev–Trinajstić information content (AvgIpc) is 3.15. The topological polar surface area (TPSA) is 50.4 Å². The average molecular weight is 347 g/mol. The molecule has 128 valence electrons. The minimum Gasteiger partial charge on any atom is -0.382 e. The number of aromatic nitrogens is 2. The van der Waals surface area contributed by atoms with Gasteiger partial charge in [-0.15, -0.1) is 11.1 Å². The lowest BCUT2D eigenvalue weighted by Gasteiger charge is -2.36. The van der Waals surface area contributed by atoms with Gasteiger partial charge in [-0.3, -0.25) is 3.97 Å². The van der Waals surface area contributed by atoms with Crippen molar-refractivity contribution >= 4 is 21.9 Å². The van der Waals surface area contributed by atoms with E-state index >= 15 is 0 Å². The van der Waals surface area contributed by atoms with Crippen LogP contribution in [0.2, 0.25) is 0 Å². The molecule has 2 atom stereocenters. The molecule has 0 spiro atoms. The van der Waals surface area contributed by atoms with E-state index in [4.69, 9.17) is 0 Å². The summed E-state index contributed by atoms with van der Waals surface area (Å²) in [6, 6.07) is 0. The fraction of sp³-hybridized carbons (Fsp3) is 0.733. The first-order chi connectivity index (χ1) is 10.9. The van der Waals surface area contributed by atoms with Gasteiger partial charge in [-0.2, -0.15) is 13.2 Å². The number of fused-ring (bicyclic) bond motifs is 1. The normalized spacial score (nSPS) is 34.1. The molecular weight excluding hydrogens is 327 g/mol. The van der Waals surface area contributed by atoms with Crippen LogP contribution in [0.25, 0.3) is 0 Å². The van der Waals surface area contributed by atoms with Crippen LogP contribution >= 0.6 is 11.1 Å². The maximum absolute atomic E-state index is 12.8. The molecule has 4 nitrogen and oxygen atoms in total. The Morgan fingerprint density at radius 1 is 1.17 bits per heavy atom. The molecule has 1 N–H and O–H groups in total. The minimum absolute atomic E-state index is 0.0722. The van der Waals surface area contributed by atoms with E-state index in [0.717, 1.165) is 23.7 Å². The Kier molecular flexibility index (Phi) is 3.72. The Morgan fingerprint density at radius 3 is 2.48 bits per heavy atom. The third kappa shape index (κ3) is 2.80. The van der Waals surface area contributed by atoms with Gasteiger partial charge in [0.15, 0.2) is 5.82 Å². The number of imidazole rings is 1. The molecule has 8 heteroatoms. The summed E-state index contributed by atoms with van der Waals surface area (Å²) in [4.78, 5) is 8.72. The van der Waals surface area contributed by atoms with Crippen LogP contribution in [0.4, 0.5) is 19.0 Å². The van der Waals surface area contributed by atoms with E-state index in [1.54, 1.807) is 12.5 Å². The Morgan fingerprint density at radius 2 is 1.87 bits per heavy atom. The molecule has 2 aliphatic carbocycles. The summed E-state index contributed by atoms with van der Waals surface area (Å²) in [5.74, 6) is -0.0529. The van der Waals surface area contributed by atoms with Gasteiger partial charge in [0.2, 0.25) is 0 Å². The fourth-order valence-corrected chi connectivity index (χ4v) is 6.40. The van der Waals surface area contributed by atoms with Gasteiger partial charge in [-0.1, -0.05) is 0 Å². The van der Waals surface area contributed by atoms with Crippen molar-refractivity contribution in [1.29, 1.82) is 0 Å². The summed E-state index contributed by atoms with van der Waals surface area (Å²) in [6.45, 7) is 0.